The molecule has 0 saturated carbocycles. The predicted molar refractivity (Wildman–Crippen MR) is 131 cm³/mol. The van der Waals surface area contributed by atoms with E-state index in [0.29, 0.717) is 0 Å². The van der Waals surface area contributed by atoms with Crippen LogP contribution < -0.4 is 0 Å². The summed E-state index contributed by atoms with van der Waals surface area (Å²) in [5.74, 6) is -0.864. The van der Waals surface area contributed by atoms with Crippen molar-refractivity contribution in [1.29, 1.82) is 0 Å². The summed E-state index contributed by atoms with van der Waals surface area (Å²) >= 11 is 0. The van der Waals surface area contributed by atoms with E-state index in [0.717, 1.165) is 11.8 Å². The molecule has 2 fully saturated rings. The molecule has 2 saturated heterocycles. The summed E-state index contributed by atoms with van der Waals surface area (Å²) in [7, 11) is -6.01. The minimum atomic E-state index is -3.78. The van der Waals surface area contributed by atoms with Gasteiger partial charge in [-0.15, -0.1) is 0 Å². The standard InChI is InChI=1S/C24H40O8SSi/c1-17(32-33(7,25)26)24(16-28-34(8,9)22(2,3)4)20(27-15-18-13-11-10-12-14-18)19-21(31-24)30-23(5,6)29-19/h10-14,17,19-21H,15-16H2,1-9H3/t17-,19+,20-,21-,24-/m0/s1. The third-order valence-electron chi connectivity index (χ3n) is 6.95. The molecule has 34 heavy (non-hydrogen) atoms. The van der Waals surface area contributed by atoms with E-state index in [-0.39, 0.29) is 18.3 Å². The van der Waals surface area contributed by atoms with Gasteiger partial charge in [-0.05, 0) is 44.5 Å². The van der Waals surface area contributed by atoms with Crippen molar-refractivity contribution in [2.75, 3.05) is 12.9 Å². The van der Waals surface area contributed by atoms with Crippen LogP contribution in [-0.4, -0.2) is 65.6 Å². The lowest BCUT2D eigenvalue weighted by molar-refractivity contribution is -0.265. The first-order valence-corrected chi connectivity index (χ1v) is 16.4. The largest absolute Gasteiger partial charge is 0.414 e. The summed E-state index contributed by atoms with van der Waals surface area (Å²) in [6.45, 7) is 16.4. The summed E-state index contributed by atoms with van der Waals surface area (Å²) in [5.41, 5.74) is -0.292. The zero-order valence-electron chi connectivity index (χ0n) is 21.8. The number of benzene rings is 1. The van der Waals surface area contributed by atoms with Gasteiger partial charge in [-0.3, -0.25) is 4.18 Å². The van der Waals surface area contributed by atoms with Crippen molar-refractivity contribution in [3.05, 3.63) is 35.9 Å². The van der Waals surface area contributed by atoms with Gasteiger partial charge in [-0.25, -0.2) is 0 Å². The molecule has 2 aliphatic rings. The molecule has 0 radical (unpaired) electrons. The molecule has 0 bridgehead atoms. The van der Waals surface area contributed by atoms with Gasteiger partial charge < -0.3 is 23.4 Å². The maximum Gasteiger partial charge on any atom is 0.264 e. The van der Waals surface area contributed by atoms with Gasteiger partial charge in [0.1, 0.15) is 23.9 Å². The first-order valence-electron chi connectivity index (χ1n) is 11.7. The minimum Gasteiger partial charge on any atom is -0.414 e. The molecule has 3 rings (SSSR count). The third kappa shape index (κ3) is 6.10. The Bertz CT molecular complexity index is 943. The van der Waals surface area contributed by atoms with Gasteiger partial charge >= 0.3 is 0 Å². The molecule has 8 nitrogen and oxygen atoms in total. The van der Waals surface area contributed by atoms with Crippen LogP contribution in [-0.2, 0) is 44.3 Å². The first-order chi connectivity index (χ1) is 15.5. The van der Waals surface area contributed by atoms with E-state index in [1.165, 1.54) is 0 Å². The fraction of sp³-hybridized carbons (Fsp3) is 0.750. The van der Waals surface area contributed by atoms with Crippen molar-refractivity contribution in [2.45, 2.75) is 102 Å². The zero-order chi connectivity index (χ0) is 25.6. The molecule has 0 amide bonds. The molecular formula is C24H40O8SSi. The number of ether oxygens (including phenoxy) is 4. The Balaban J connectivity index is 1.98. The van der Waals surface area contributed by atoms with E-state index in [1.807, 2.05) is 44.2 Å². The van der Waals surface area contributed by atoms with Crippen LogP contribution in [0.2, 0.25) is 18.1 Å². The molecule has 0 spiro atoms. The van der Waals surface area contributed by atoms with Crippen LogP contribution >= 0.6 is 0 Å². The number of rotatable bonds is 9. The highest BCUT2D eigenvalue weighted by Gasteiger charge is 2.66. The normalized spacial score (nSPS) is 30.3. The molecular weight excluding hydrogens is 476 g/mol. The van der Waals surface area contributed by atoms with Crippen LogP contribution in [0, 0.1) is 0 Å². The van der Waals surface area contributed by atoms with Gasteiger partial charge in [-0.2, -0.15) is 8.42 Å². The summed E-state index contributed by atoms with van der Waals surface area (Å²) in [5, 5.41) is -0.0566. The van der Waals surface area contributed by atoms with E-state index >= 15 is 0 Å². The Kier molecular flexibility index (Phi) is 7.79. The fourth-order valence-corrected chi connectivity index (χ4v) is 5.73. The van der Waals surface area contributed by atoms with Crippen LogP contribution in [0.15, 0.2) is 30.3 Å². The molecule has 0 aromatic heterocycles. The maximum atomic E-state index is 12.1. The second-order valence-electron chi connectivity index (χ2n) is 11.3. The van der Waals surface area contributed by atoms with Crippen LogP contribution in [0.25, 0.3) is 0 Å². The van der Waals surface area contributed by atoms with E-state index in [1.54, 1.807) is 6.92 Å². The summed E-state index contributed by atoms with van der Waals surface area (Å²) in [6.07, 6.45) is -1.90. The van der Waals surface area contributed by atoms with Gasteiger partial charge in [0, 0.05) is 0 Å². The van der Waals surface area contributed by atoms with Gasteiger partial charge in [0.25, 0.3) is 10.1 Å². The Morgan fingerprint density at radius 1 is 1.09 bits per heavy atom. The summed E-state index contributed by atoms with van der Waals surface area (Å²) in [6, 6.07) is 9.75. The molecule has 2 aliphatic heterocycles. The number of hydrogen-bond donors (Lipinski definition) is 0. The van der Waals surface area contributed by atoms with Crippen LogP contribution in [0.4, 0.5) is 0 Å². The topological polar surface area (TPSA) is 89.5 Å². The Labute approximate surface area is 205 Å². The van der Waals surface area contributed by atoms with Crippen LogP contribution in [0.5, 0.6) is 0 Å². The Morgan fingerprint density at radius 2 is 1.71 bits per heavy atom. The molecule has 1 aromatic rings. The average molecular weight is 517 g/mol. The third-order valence-corrected chi connectivity index (χ3v) is 12.1. The highest BCUT2D eigenvalue weighted by Crippen LogP contribution is 2.47. The monoisotopic (exact) mass is 516 g/mol. The van der Waals surface area contributed by atoms with Crippen molar-refractivity contribution in [2.24, 2.45) is 0 Å². The average Bonchev–Trinajstić information content (AvgIpc) is 3.12. The second kappa shape index (κ2) is 9.55. The fourth-order valence-electron chi connectivity index (χ4n) is 4.02. The lowest BCUT2D eigenvalue weighted by Gasteiger charge is -2.44. The maximum absolute atomic E-state index is 12.1. The van der Waals surface area contributed by atoms with Gasteiger partial charge in [0.15, 0.2) is 20.4 Å². The molecule has 1 aromatic carbocycles. The lowest BCUT2D eigenvalue weighted by Crippen LogP contribution is -2.59. The highest BCUT2D eigenvalue weighted by molar-refractivity contribution is 7.86. The van der Waals surface area contributed by atoms with Gasteiger partial charge in [0.2, 0.25) is 0 Å². The molecule has 0 unspecified atom stereocenters. The number of hydrogen-bond acceptors (Lipinski definition) is 8. The second-order valence-corrected chi connectivity index (χ2v) is 17.7. The SMILES string of the molecule is C[C@H](OS(C)(=O)=O)[C@]1(CO[Si](C)(C)C(C)(C)C)O[C@@H]2OC(C)(C)O[C@@H]2[C@@H]1OCc1ccccc1. The summed E-state index contributed by atoms with van der Waals surface area (Å²) < 4.78 is 61.4. The highest BCUT2D eigenvalue weighted by atomic mass is 32.2. The minimum absolute atomic E-state index is 0.0566. The van der Waals surface area contributed by atoms with E-state index < -0.39 is 54.4 Å². The molecule has 194 valence electrons. The van der Waals surface area contributed by atoms with Crippen molar-refractivity contribution in [3.8, 4) is 0 Å². The quantitative estimate of drug-likeness (QED) is 0.356. The molecule has 2 heterocycles. The van der Waals surface area contributed by atoms with Crippen LogP contribution in [0.3, 0.4) is 0 Å². The predicted octanol–water partition coefficient (Wildman–Crippen LogP) is 4.20. The van der Waals surface area contributed by atoms with E-state index in [2.05, 4.69) is 33.9 Å². The van der Waals surface area contributed by atoms with E-state index in [9.17, 15) is 8.42 Å². The lowest BCUT2D eigenvalue weighted by atomic mass is 9.90. The van der Waals surface area contributed by atoms with Crippen molar-refractivity contribution >= 4 is 18.4 Å². The molecule has 10 heteroatoms. The molecule has 0 aliphatic carbocycles. The number of fused-ring (bicyclic) bond motifs is 1. The smallest absolute Gasteiger partial charge is 0.264 e. The molecule has 0 N–H and O–H groups in total. The zero-order valence-corrected chi connectivity index (χ0v) is 23.6. The van der Waals surface area contributed by atoms with Crippen molar-refractivity contribution < 1.29 is 36.0 Å². The Morgan fingerprint density at radius 3 is 2.26 bits per heavy atom. The van der Waals surface area contributed by atoms with Crippen LogP contribution in [0.1, 0.15) is 47.1 Å². The summed E-state index contributed by atoms with van der Waals surface area (Å²) in [4.78, 5) is 0. The van der Waals surface area contributed by atoms with Crippen molar-refractivity contribution in [3.63, 3.8) is 0 Å². The van der Waals surface area contributed by atoms with Gasteiger partial charge in [0.05, 0.1) is 19.5 Å². The Hall–Kier alpha value is -0.853. The van der Waals surface area contributed by atoms with Gasteiger partial charge in [-0.1, -0.05) is 51.1 Å². The first kappa shape index (κ1) is 27.7. The van der Waals surface area contributed by atoms with Crippen molar-refractivity contribution in [1.82, 2.24) is 0 Å². The van der Waals surface area contributed by atoms with E-state index in [4.69, 9.17) is 27.6 Å². The molecule has 5 atom stereocenters.